The molecule has 3 rings (SSSR count). The number of nitrogens with zero attached hydrogens (tertiary/aromatic N) is 3. The first-order valence-electron chi connectivity index (χ1n) is 11.1. The quantitative estimate of drug-likeness (QED) is 0.511. The van der Waals surface area contributed by atoms with E-state index in [4.69, 9.17) is 5.84 Å². The first-order valence-corrected chi connectivity index (χ1v) is 11.1. The standard InChI is InChI=1S/C26H36N4O2/c1-25(2,3)21-9-17(7-19(11-21)15-31)13-23-28-29-24(30(23)27)14-18-8-20(16-32)12-22(10-18)26(4,5)6/h7-12,31-32H,13-16,27H2,1-6H3. The number of nitrogens with two attached hydrogens (primary N) is 1. The van der Waals surface area contributed by atoms with Crippen LogP contribution < -0.4 is 5.84 Å². The van der Waals surface area contributed by atoms with Crippen molar-refractivity contribution in [3.05, 3.63) is 81.4 Å². The molecule has 0 fully saturated rings. The van der Waals surface area contributed by atoms with Crippen LogP contribution in [0.25, 0.3) is 0 Å². The highest BCUT2D eigenvalue weighted by Crippen LogP contribution is 2.27. The number of hydrogen-bond acceptors (Lipinski definition) is 5. The van der Waals surface area contributed by atoms with Crippen LogP contribution in [0.15, 0.2) is 36.4 Å². The number of aliphatic hydroxyl groups excluding tert-OH is 2. The van der Waals surface area contributed by atoms with E-state index < -0.39 is 0 Å². The minimum absolute atomic E-state index is 0.00517. The van der Waals surface area contributed by atoms with Crippen molar-refractivity contribution in [1.82, 2.24) is 14.9 Å². The number of aromatic nitrogens is 3. The lowest BCUT2D eigenvalue weighted by Gasteiger charge is -2.21. The maximum atomic E-state index is 9.69. The monoisotopic (exact) mass is 436 g/mol. The predicted molar refractivity (Wildman–Crippen MR) is 128 cm³/mol. The van der Waals surface area contributed by atoms with Crippen molar-refractivity contribution in [3.63, 3.8) is 0 Å². The summed E-state index contributed by atoms with van der Waals surface area (Å²) in [5.41, 5.74) is 6.13. The van der Waals surface area contributed by atoms with Gasteiger partial charge in [-0.2, -0.15) is 0 Å². The fraction of sp³-hybridized carbons (Fsp3) is 0.462. The second-order valence-corrected chi connectivity index (χ2v) is 10.6. The van der Waals surface area contributed by atoms with Gasteiger partial charge < -0.3 is 16.1 Å². The molecule has 6 nitrogen and oxygen atoms in total. The molecule has 0 bridgehead atoms. The fourth-order valence-electron chi connectivity index (χ4n) is 3.74. The molecule has 4 N–H and O–H groups in total. The zero-order valence-corrected chi connectivity index (χ0v) is 20.1. The number of hydrogen-bond donors (Lipinski definition) is 3. The summed E-state index contributed by atoms with van der Waals surface area (Å²) in [4.78, 5) is 0. The lowest BCUT2D eigenvalue weighted by atomic mass is 9.84. The van der Waals surface area contributed by atoms with Crippen LogP contribution in [0, 0.1) is 0 Å². The maximum Gasteiger partial charge on any atom is 0.156 e. The van der Waals surface area contributed by atoms with Crippen molar-refractivity contribution in [2.45, 2.75) is 78.4 Å². The minimum Gasteiger partial charge on any atom is -0.392 e. The third-order valence-electron chi connectivity index (χ3n) is 5.76. The zero-order chi connectivity index (χ0) is 23.7. The topological polar surface area (TPSA) is 97.2 Å². The van der Waals surface area contributed by atoms with Crippen molar-refractivity contribution in [1.29, 1.82) is 0 Å². The van der Waals surface area contributed by atoms with Crippen LogP contribution in [0.4, 0.5) is 0 Å². The third kappa shape index (κ3) is 5.56. The fourth-order valence-corrected chi connectivity index (χ4v) is 3.74. The van der Waals surface area contributed by atoms with Crippen molar-refractivity contribution in [2.75, 3.05) is 5.84 Å². The molecule has 172 valence electrons. The molecule has 3 aromatic rings. The highest BCUT2D eigenvalue weighted by Gasteiger charge is 2.19. The Kier molecular flexibility index (Phi) is 6.77. The largest absolute Gasteiger partial charge is 0.392 e. The molecule has 0 atom stereocenters. The summed E-state index contributed by atoms with van der Waals surface area (Å²) in [6, 6.07) is 12.4. The van der Waals surface area contributed by atoms with Crippen LogP contribution in [-0.4, -0.2) is 25.1 Å². The van der Waals surface area contributed by atoms with Crippen LogP contribution >= 0.6 is 0 Å². The molecule has 0 unspecified atom stereocenters. The van der Waals surface area contributed by atoms with E-state index in [1.165, 1.54) is 0 Å². The molecule has 0 saturated carbocycles. The van der Waals surface area contributed by atoms with Gasteiger partial charge in [-0.05, 0) is 44.2 Å². The summed E-state index contributed by atoms with van der Waals surface area (Å²) >= 11 is 0. The van der Waals surface area contributed by atoms with Crippen molar-refractivity contribution in [3.8, 4) is 0 Å². The molecule has 1 aromatic heterocycles. The van der Waals surface area contributed by atoms with Gasteiger partial charge >= 0.3 is 0 Å². The van der Waals surface area contributed by atoms with Crippen molar-refractivity contribution >= 4 is 0 Å². The SMILES string of the molecule is CC(C)(C)c1cc(CO)cc(Cc2nnc(Cc3cc(CO)cc(C(C)(C)C)c3)n2N)c1. The second-order valence-electron chi connectivity index (χ2n) is 10.6. The number of aliphatic hydroxyl groups is 2. The van der Waals surface area contributed by atoms with Crippen molar-refractivity contribution < 1.29 is 10.2 Å². The van der Waals surface area contributed by atoms with E-state index in [-0.39, 0.29) is 24.0 Å². The van der Waals surface area contributed by atoms with Gasteiger partial charge in [-0.25, -0.2) is 4.68 Å². The summed E-state index contributed by atoms with van der Waals surface area (Å²) < 4.78 is 1.56. The summed E-state index contributed by atoms with van der Waals surface area (Å²) in [7, 11) is 0. The summed E-state index contributed by atoms with van der Waals surface area (Å²) in [6.45, 7) is 12.9. The van der Waals surface area contributed by atoms with E-state index in [9.17, 15) is 10.2 Å². The lowest BCUT2D eigenvalue weighted by molar-refractivity contribution is 0.281. The smallest absolute Gasteiger partial charge is 0.156 e. The van der Waals surface area contributed by atoms with Gasteiger partial charge in [0.15, 0.2) is 11.6 Å². The van der Waals surface area contributed by atoms with Crippen LogP contribution in [0.2, 0.25) is 0 Å². The number of benzene rings is 2. The highest BCUT2D eigenvalue weighted by atomic mass is 16.3. The van der Waals surface area contributed by atoms with Crippen LogP contribution in [-0.2, 0) is 36.9 Å². The van der Waals surface area contributed by atoms with Gasteiger partial charge in [-0.15, -0.1) is 10.2 Å². The molecule has 0 aliphatic rings. The average Bonchev–Trinajstić information content (AvgIpc) is 3.05. The summed E-state index contributed by atoms with van der Waals surface area (Å²) in [5.74, 6) is 7.72. The maximum absolute atomic E-state index is 9.69. The highest BCUT2D eigenvalue weighted by molar-refractivity contribution is 5.37. The van der Waals surface area contributed by atoms with Crippen molar-refractivity contribution in [2.24, 2.45) is 0 Å². The van der Waals surface area contributed by atoms with E-state index >= 15 is 0 Å². The van der Waals surface area contributed by atoms with Gasteiger partial charge in [0.1, 0.15) is 0 Å². The van der Waals surface area contributed by atoms with E-state index in [0.717, 1.165) is 33.4 Å². The molecule has 0 amide bonds. The average molecular weight is 437 g/mol. The van der Waals surface area contributed by atoms with Gasteiger partial charge in [0.05, 0.1) is 13.2 Å². The lowest BCUT2D eigenvalue weighted by Crippen LogP contribution is -2.18. The number of rotatable bonds is 6. The summed E-state index contributed by atoms with van der Waals surface area (Å²) in [6.07, 6.45) is 1.06. The van der Waals surface area contributed by atoms with E-state index in [1.54, 1.807) is 4.68 Å². The predicted octanol–water partition coefficient (Wildman–Crippen LogP) is 3.75. The Morgan fingerprint density at radius 3 is 1.31 bits per heavy atom. The molecular formula is C26H36N4O2. The first-order chi connectivity index (χ1) is 14.9. The summed E-state index contributed by atoms with van der Waals surface area (Å²) in [5, 5.41) is 28.1. The first kappa shape index (κ1) is 24.0. The molecule has 6 heteroatoms. The normalized spacial score (nSPS) is 12.4. The van der Waals surface area contributed by atoms with Crippen LogP contribution in [0.5, 0.6) is 0 Å². The van der Waals surface area contributed by atoms with Gasteiger partial charge in [0.25, 0.3) is 0 Å². The second kappa shape index (κ2) is 9.04. The van der Waals surface area contributed by atoms with E-state index in [2.05, 4.69) is 63.9 Å². The third-order valence-corrected chi connectivity index (χ3v) is 5.76. The Morgan fingerprint density at radius 2 is 1.00 bits per heavy atom. The van der Waals surface area contributed by atoms with Gasteiger partial charge in [-0.1, -0.05) is 77.9 Å². The van der Waals surface area contributed by atoms with Gasteiger partial charge in [-0.3, -0.25) is 0 Å². The Labute approximate surface area is 191 Å². The molecule has 0 aliphatic heterocycles. The zero-order valence-electron chi connectivity index (χ0n) is 20.1. The number of nitrogen functional groups attached to an aromatic ring is 1. The Bertz CT molecular complexity index is 1000. The van der Waals surface area contributed by atoms with E-state index in [0.29, 0.717) is 24.5 Å². The molecule has 0 saturated heterocycles. The minimum atomic E-state index is -0.0238. The van der Waals surface area contributed by atoms with Crippen LogP contribution in [0.1, 0.15) is 86.6 Å². The molecule has 0 aliphatic carbocycles. The molecule has 2 aromatic carbocycles. The molecule has 0 spiro atoms. The Balaban J connectivity index is 1.89. The Morgan fingerprint density at radius 1 is 0.656 bits per heavy atom. The van der Waals surface area contributed by atoms with E-state index in [1.807, 2.05) is 24.3 Å². The molecule has 1 heterocycles. The molecule has 0 radical (unpaired) electrons. The van der Waals surface area contributed by atoms with Crippen LogP contribution in [0.3, 0.4) is 0 Å². The van der Waals surface area contributed by atoms with Gasteiger partial charge in [0, 0.05) is 12.8 Å². The molecular weight excluding hydrogens is 400 g/mol. The molecule has 32 heavy (non-hydrogen) atoms. The Hall–Kier alpha value is -2.70. The van der Waals surface area contributed by atoms with Gasteiger partial charge in [0.2, 0.25) is 0 Å².